The van der Waals surface area contributed by atoms with E-state index in [0.717, 1.165) is 4.31 Å². The molecule has 1 aromatic rings. The predicted octanol–water partition coefficient (Wildman–Crippen LogP) is 2.39. The average Bonchev–Trinajstić information content (AvgIpc) is 2.21. The second-order valence-corrected chi connectivity index (χ2v) is 5.45. The summed E-state index contributed by atoms with van der Waals surface area (Å²) in [6, 6.07) is 5.91. The first-order chi connectivity index (χ1) is 7.53. The molecule has 0 aliphatic carbocycles. The third-order valence-electron chi connectivity index (χ3n) is 2.21. The molecular formula is C11H16FNO2S. The summed E-state index contributed by atoms with van der Waals surface area (Å²) in [6.07, 6.45) is 0.521. The number of hydrogen-bond donors (Lipinski definition) is 0. The molecule has 0 aliphatic rings. The molecule has 0 spiro atoms. The molecule has 0 saturated heterocycles. The fourth-order valence-electron chi connectivity index (χ4n) is 1.54. The molecule has 0 aliphatic heterocycles. The Hall–Kier alpha value is -1.10. The zero-order valence-corrected chi connectivity index (χ0v) is 10.3. The maximum absolute atomic E-state index is 13.5. The van der Waals surface area contributed by atoms with Crippen LogP contribution in [-0.2, 0) is 10.0 Å². The molecule has 5 heteroatoms. The Morgan fingerprint density at radius 2 is 1.88 bits per heavy atom. The van der Waals surface area contributed by atoms with Crippen molar-refractivity contribution in [2.75, 3.05) is 16.6 Å². The Morgan fingerprint density at radius 1 is 1.25 bits per heavy atom. The fraction of sp³-hybridized carbons (Fsp3) is 0.455. The van der Waals surface area contributed by atoms with E-state index < -0.39 is 15.8 Å². The average molecular weight is 245 g/mol. The van der Waals surface area contributed by atoms with Gasteiger partial charge < -0.3 is 0 Å². The molecule has 0 atom stereocenters. The van der Waals surface area contributed by atoms with E-state index in [1.54, 1.807) is 26.0 Å². The van der Waals surface area contributed by atoms with E-state index in [1.807, 2.05) is 0 Å². The van der Waals surface area contributed by atoms with Crippen molar-refractivity contribution < 1.29 is 12.8 Å². The van der Waals surface area contributed by atoms with Gasteiger partial charge in [-0.15, -0.1) is 0 Å². The summed E-state index contributed by atoms with van der Waals surface area (Å²) >= 11 is 0. The van der Waals surface area contributed by atoms with Gasteiger partial charge in [-0.1, -0.05) is 19.1 Å². The van der Waals surface area contributed by atoms with Gasteiger partial charge in [0.2, 0.25) is 10.0 Å². The summed E-state index contributed by atoms with van der Waals surface area (Å²) in [7, 11) is -3.40. The lowest BCUT2D eigenvalue weighted by Crippen LogP contribution is -2.33. The molecule has 0 aromatic heterocycles. The smallest absolute Gasteiger partial charge is 0.235 e. The zero-order chi connectivity index (χ0) is 12.2. The maximum atomic E-state index is 13.5. The molecule has 1 rings (SSSR count). The molecular weight excluding hydrogens is 229 g/mol. The monoisotopic (exact) mass is 245 g/mol. The van der Waals surface area contributed by atoms with Crippen molar-refractivity contribution in [1.29, 1.82) is 0 Å². The highest BCUT2D eigenvalue weighted by molar-refractivity contribution is 7.92. The number of para-hydroxylation sites is 1. The SMILES string of the molecule is CCCS(=O)(=O)N(CC)c1ccccc1F. The quantitative estimate of drug-likeness (QED) is 0.798. The van der Waals surface area contributed by atoms with Crippen LogP contribution in [0, 0.1) is 5.82 Å². The maximum Gasteiger partial charge on any atom is 0.235 e. The second-order valence-electron chi connectivity index (χ2n) is 3.43. The summed E-state index contributed by atoms with van der Waals surface area (Å²) in [5.41, 5.74) is 0.124. The van der Waals surface area contributed by atoms with Crippen molar-refractivity contribution in [2.45, 2.75) is 20.3 Å². The molecule has 0 radical (unpaired) electrons. The van der Waals surface area contributed by atoms with Crippen LogP contribution < -0.4 is 4.31 Å². The number of nitrogens with zero attached hydrogens (tertiary/aromatic N) is 1. The second kappa shape index (κ2) is 5.30. The standard InChI is InChI=1S/C11H16FNO2S/c1-3-9-16(14,15)13(4-2)11-8-6-5-7-10(11)12/h5-8H,3-4,9H2,1-2H3. The van der Waals surface area contributed by atoms with Crippen LogP contribution in [0.15, 0.2) is 24.3 Å². The molecule has 16 heavy (non-hydrogen) atoms. The fourth-order valence-corrected chi connectivity index (χ4v) is 3.12. The highest BCUT2D eigenvalue weighted by Gasteiger charge is 2.22. The van der Waals surface area contributed by atoms with Gasteiger partial charge in [0.15, 0.2) is 0 Å². The van der Waals surface area contributed by atoms with Gasteiger partial charge in [0.25, 0.3) is 0 Å². The van der Waals surface area contributed by atoms with Gasteiger partial charge in [-0.05, 0) is 25.5 Å². The van der Waals surface area contributed by atoms with Gasteiger partial charge in [-0.2, -0.15) is 0 Å². The number of benzene rings is 1. The van der Waals surface area contributed by atoms with Gasteiger partial charge in [-0.25, -0.2) is 12.8 Å². The minimum Gasteiger partial charge on any atom is -0.268 e. The molecule has 0 fully saturated rings. The van der Waals surface area contributed by atoms with Crippen molar-refractivity contribution in [2.24, 2.45) is 0 Å². The van der Waals surface area contributed by atoms with E-state index in [4.69, 9.17) is 0 Å². The van der Waals surface area contributed by atoms with Crippen molar-refractivity contribution in [3.63, 3.8) is 0 Å². The highest BCUT2D eigenvalue weighted by atomic mass is 32.2. The molecule has 90 valence electrons. The van der Waals surface area contributed by atoms with Crippen LogP contribution in [-0.4, -0.2) is 20.7 Å². The minimum absolute atomic E-state index is 0.0369. The molecule has 1 aromatic carbocycles. The van der Waals surface area contributed by atoms with Crippen LogP contribution in [0.5, 0.6) is 0 Å². The molecule has 0 N–H and O–H groups in total. The number of rotatable bonds is 5. The van der Waals surface area contributed by atoms with E-state index in [0.29, 0.717) is 6.42 Å². The zero-order valence-electron chi connectivity index (χ0n) is 9.48. The Kier molecular flexibility index (Phi) is 4.29. The molecule has 3 nitrogen and oxygen atoms in total. The number of sulfonamides is 1. The van der Waals surface area contributed by atoms with Crippen molar-refractivity contribution >= 4 is 15.7 Å². The molecule has 0 bridgehead atoms. The lowest BCUT2D eigenvalue weighted by molar-refractivity contribution is 0.585. The van der Waals surface area contributed by atoms with Gasteiger partial charge in [0.05, 0.1) is 11.4 Å². The summed E-state index contributed by atoms with van der Waals surface area (Å²) in [5, 5.41) is 0. The van der Waals surface area contributed by atoms with Gasteiger partial charge >= 0.3 is 0 Å². The first-order valence-corrected chi connectivity index (χ1v) is 6.88. The third-order valence-corrected chi connectivity index (χ3v) is 4.26. The van der Waals surface area contributed by atoms with Crippen LogP contribution >= 0.6 is 0 Å². The van der Waals surface area contributed by atoms with Crippen LogP contribution in [0.1, 0.15) is 20.3 Å². The van der Waals surface area contributed by atoms with E-state index in [-0.39, 0.29) is 18.0 Å². The summed E-state index contributed by atoms with van der Waals surface area (Å²) in [6.45, 7) is 3.72. The van der Waals surface area contributed by atoms with Crippen LogP contribution in [0.25, 0.3) is 0 Å². The molecule has 0 unspecified atom stereocenters. The van der Waals surface area contributed by atoms with Crippen LogP contribution in [0.4, 0.5) is 10.1 Å². The molecule has 0 saturated carbocycles. The Morgan fingerprint density at radius 3 is 2.38 bits per heavy atom. The van der Waals surface area contributed by atoms with Gasteiger partial charge in [0, 0.05) is 6.54 Å². The van der Waals surface area contributed by atoms with E-state index in [9.17, 15) is 12.8 Å². The van der Waals surface area contributed by atoms with Gasteiger partial charge in [0.1, 0.15) is 5.82 Å². The Balaban J connectivity index is 3.14. The third kappa shape index (κ3) is 2.72. The van der Waals surface area contributed by atoms with Crippen molar-refractivity contribution in [3.05, 3.63) is 30.1 Å². The number of hydrogen-bond acceptors (Lipinski definition) is 2. The molecule has 0 heterocycles. The van der Waals surface area contributed by atoms with Gasteiger partial charge in [-0.3, -0.25) is 4.31 Å². The first-order valence-electron chi connectivity index (χ1n) is 5.27. The minimum atomic E-state index is -3.40. The number of anilines is 1. The predicted molar refractivity (Wildman–Crippen MR) is 63.5 cm³/mol. The Labute approximate surface area is 95.9 Å². The Bertz CT molecular complexity index is 445. The van der Waals surface area contributed by atoms with E-state index >= 15 is 0 Å². The summed E-state index contributed by atoms with van der Waals surface area (Å²) < 4.78 is 38.4. The van der Waals surface area contributed by atoms with Crippen LogP contribution in [0.2, 0.25) is 0 Å². The normalized spacial score (nSPS) is 11.4. The highest BCUT2D eigenvalue weighted by Crippen LogP contribution is 2.21. The van der Waals surface area contributed by atoms with Crippen molar-refractivity contribution in [3.8, 4) is 0 Å². The lowest BCUT2D eigenvalue weighted by atomic mass is 10.3. The van der Waals surface area contributed by atoms with E-state index in [1.165, 1.54) is 12.1 Å². The summed E-state index contributed by atoms with van der Waals surface area (Å²) in [4.78, 5) is 0. The summed E-state index contributed by atoms with van der Waals surface area (Å²) in [5.74, 6) is -0.473. The van der Waals surface area contributed by atoms with Crippen molar-refractivity contribution in [1.82, 2.24) is 0 Å². The lowest BCUT2D eigenvalue weighted by Gasteiger charge is -2.22. The molecule has 0 amide bonds. The largest absolute Gasteiger partial charge is 0.268 e. The first kappa shape index (κ1) is 13.0. The number of halogens is 1. The van der Waals surface area contributed by atoms with E-state index in [2.05, 4.69) is 0 Å². The van der Waals surface area contributed by atoms with Crippen LogP contribution in [0.3, 0.4) is 0 Å². The topological polar surface area (TPSA) is 37.4 Å².